The lowest BCUT2D eigenvalue weighted by molar-refractivity contribution is -0.154. The van der Waals surface area contributed by atoms with Gasteiger partial charge in [-0.1, -0.05) is 23.8 Å². The van der Waals surface area contributed by atoms with Crippen LogP contribution in [0.25, 0.3) is 0 Å². The molecule has 0 atom stereocenters. The largest absolute Gasteiger partial charge is 0.336 e. The summed E-state index contributed by atoms with van der Waals surface area (Å²) in [4.78, 5) is 38.4. The lowest BCUT2D eigenvalue weighted by atomic mass is 10.0. The van der Waals surface area contributed by atoms with Gasteiger partial charge in [0.1, 0.15) is 0 Å². The molecular formula is C15H18N2O3. The Labute approximate surface area is 118 Å². The molecule has 20 heavy (non-hydrogen) atoms. The van der Waals surface area contributed by atoms with Gasteiger partial charge in [0.05, 0.1) is 6.54 Å². The number of rotatable bonds is 3. The van der Waals surface area contributed by atoms with Crippen LogP contribution in [0.5, 0.6) is 0 Å². The third kappa shape index (κ3) is 2.71. The third-order valence-corrected chi connectivity index (χ3v) is 3.54. The number of ketones is 1. The molecule has 5 heteroatoms. The number of aryl methyl sites for hydroxylation is 2. The van der Waals surface area contributed by atoms with Crippen LogP contribution in [0.15, 0.2) is 18.2 Å². The summed E-state index contributed by atoms with van der Waals surface area (Å²) < 4.78 is 0. The monoisotopic (exact) mass is 274 g/mol. The first-order valence-electron chi connectivity index (χ1n) is 6.55. The van der Waals surface area contributed by atoms with Gasteiger partial charge in [-0.05, 0) is 19.4 Å². The van der Waals surface area contributed by atoms with Gasteiger partial charge >= 0.3 is 11.8 Å². The predicted molar refractivity (Wildman–Crippen MR) is 74.5 cm³/mol. The zero-order valence-electron chi connectivity index (χ0n) is 12.0. The maximum Gasteiger partial charge on any atom is 0.312 e. The number of carbonyl (C=O) groups is 3. The van der Waals surface area contributed by atoms with E-state index >= 15 is 0 Å². The van der Waals surface area contributed by atoms with Crippen LogP contribution < -0.4 is 0 Å². The van der Waals surface area contributed by atoms with Gasteiger partial charge in [0.2, 0.25) is 0 Å². The van der Waals surface area contributed by atoms with Gasteiger partial charge in [-0.15, -0.1) is 0 Å². The Balaban J connectivity index is 2.12. The van der Waals surface area contributed by atoms with Crippen molar-refractivity contribution in [3.8, 4) is 0 Å². The summed E-state index contributed by atoms with van der Waals surface area (Å²) >= 11 is 0. The zero-order chi connectivity index (χ0) is 14.9. The molecule has 1 fully saturated rings. The molecule has 2 rings (SSSR count). The number of piperazine rings is 1. The fourth-order valence-electron chi connectivity index (χ4n) is 2.31. The second-order valence-corrected chi connectivity index (χ2v) is 5.19. The van der Waals surface area contributed by atoms with Gasteiger partial charge in [0.25, 0.3) is 0 Å². The van der Waals surface area contributed by atoms with E-state index < -0.39 is 11.8 Å². The smallest absolute Gasteiger partial charge is 0.312 e. The number of likely N-dealkylation sites (N-methyl/N-ethyl adjacent to an activating group) is 1. The minimum absolute atomic E-state index is 0.0394. The van der Waals surface area contributed by atoms with Crippen molar-refractivity contribution >= 4 is 17.6 Å². The summed E-state index contributed by atoms with van der Waals surface area (Å²) in [5, 5.41) is 0. The van der Waals surface area contributed by atoms with Crippen molar-refractivity contribution in [1.29, 1.82) is 0 Å². The fourth-order valence-corrected chi connectivity index (χ4v) is 2.31. The van der Waals surface area contributed by atoms with E-state index in [1.54, 1.807) is 13.1 Å². The number of hydrogen-bond donors (Lipinski definition) is 0. The highest BCUT2D eigenvalue weighted by molar-refractivity contribution is 6.35. The Kier molecular flexibility index (Phi) is 3.88. The average molecular weight is 274 g/mol. The Morgan fingerprint density at radius 2 is 1.85 bits per heavy atom. The number of nitrogens with zero attached hydrogens (tertiary/aromatic N) is 2. The molecule has 0 aliphatic carbocycles. The van der Waals surface area contributed by atoms with E-state index in [4.69, 9.17) is 0 Å². The van der Waals surface area contributed by atoms with Crippen LogP contribution in [0.1, 0.15) is 21.5 Å². The summed E-state index contributed by atoms with van der Waals surface area (Å²) in [6, 6.07) is 5.58. The van der Waals surface area contributed by atoms with Crippen LogP contribution in [0, 0.1) is 13.8 Å². The van der Waals surface area contributed by atoms with E-state index in [0.29, 0.717) is 18.7 Å². The van der Waals surface area contributed by atoms with E-state index in [1.165, 1.54) is 9.80 Å². The van der Waals surface area contributed by atoms with E-state index in [2.05, 4.69) is 0 Å². The van der Waals surface area contributed by atoms with Crippen LogP contribution >= 0.6 is 0 Å². The highest BCUT2D eigenvalue weighted by Crippen LogP contribution is 2.13. The van der Waals surface area contributed by atoms with Crippen LogP contribution in [0.2, 0.25) is 0 Å². The highest BCUT2D eigenvalue weighted by atomic mass is 16.2. The maximum absolute atomic E-state index is 12.3. The Hall–Kier alpha value is -2.17. The molecule has 2 amide bonds. The molecule has 0 aromatic heterocycles. The molecule has 1 aliphatic rings. The number of hydrogen-bond acceptors (Lipinski definition) is 3. The topological polar surface area (TPSA) is 57.7 Å². The average Bonchev–Trinajstić information content (AvgIpc) is 2.39. The van der Waals surface area contributed by atoms with Crippen molar-refractivity contribution in [3.63, 3.8) is 0 Å². The minimum atomic E-state index is -0.600. The van der Waals surface area contributed by atoms with Gasteiger partial charge in [-0.3, -0.25) is 14.4 Å². The Morgan fingerprint density at radius 3 is 2.50 bits per heavy atom. The van der Waals surface area contributed by atoms with Crippen molar-refractivity contribution in [1.82, 2.24) is 9.80 Å². The molecule has 0 bridgehead atoms. The molecule has 0 saturated carbocycles. The third-order valence-electron chi connectivity index (χ3n) is 3.54. The van der Waals surface area contributed by atoms with Gasteiger partial charge in [0.15, 0.2) is 5.78 Å². The molecule has 0 radical (unpaired) electrons. The predicted octanol–water partition coefficient (Wildman–Crippen LogP) is 0.787. The van der Waals surface area contributed by atoms with E-state index in [-0.39, 0.29) is 12.3 Å². The van der Waals surface area contributed by atoms with E-state index in [9.17, 15) is 14.4 Å². The zero-order valence-corrected chi connectivity index (χ0v) is 12.0. The first-order valence-corrected chi connectivity index (χ1v) is 6.55. The summed E-state index contributed by atoms with van der Waals surface area (Å²) in [5.74, 6) is -1.28. The van der Waals surface area contributed by atoms with E-state index in [1.807, 2.05) is 26.0 Å². The molecule has 0 spiro atoms. The van der Waals surface area contributed by atoms with E-state index in [0.717, 1.165) is 11.1 Å². The van der Waals surface area contributed by atoms with Crippen molar-refractivity contribution < 1.29 is 14.4 Å². The summed E-state index contributed by atoms with van der Waals surface area (Å²) in [5.41, 5.74) is 2.59. The van der Waals surface area contributed by atoms with Gasteiger partial charge < -0.3 is 9.80 Å². The molecule has 5 nitrogen and oxygen atoms in total. The molecule has 1 heterocycles. The number of amides is 2. The molecule has 1 aliphatic heterocycles. The standard InChI is InChI=1S/C15H18N2O3/c1-10-4-5-12(11(2)8-10)13(18)9-17-7-6-16(3)14(19)15(17)20/h4-5,8H,6-7,9H2,1-3H3. The second-order valence-electron chi connectivity index (χ2n) is 5.19. The second kappa shape index (κ2) is 5.45. The molecule has 0 unspecified atom stereocenters. The van der Waals surface area contributed by atoms with Gasteiger partial charge in [-0.25, -0.2) is 0 Å². The quantitative estimate of drug-likeness (QED) is 0.605. The first kappa shape index (κ1) is 14.2. The summed E-state index contributed by atoms with van der Waals surface area (Å²) in [6.07, 6.45) is 0. The van der Waals surface area contributed by atoms with Crippen molar-refractivity contribution in [2.45, 2.75) is 13.8 Å². The van der Waals surface area contributed by atoms with Crippen molar-refractivity contribution in [2.24, 2.45) is 0 Å². The van der Waals surface area contributed by atoms with Crippen LogP contribution in [0.4, 0.5) is 0 Å². The Bertz CT molecular complexity index is 580. The highest BCUT2D eigenvalue weighted by Gasteiger charge is 2.31. The minimum Gasteiger partial charge on any atom is -0.336 e. The molecule has 1 aromatic rings. The summed E-state index contributed by atoms with van der Waals surface area (Å²) in [6.45, 7) is 4.66. The van der Waals surface area contributed by atoms with Gasteiger partial charge in [0, 0.05) is 25.7 Å². The van der Waals surface area contributed by atoms with Crippen molar-refractivity contribution in [3.05, 3.63) is 34.9 Å². The van der Waals surface area contributed by atoms with Gasteiger partial charge in [-0.2, -0.15) is 0 Å². The van der Waals surface area contributed by atoms with Crippen LogP contribution in [-0.2, 0) is 9.59 Å². The molecule has 1 aromatic carbocycles. The SMILES string of the molecule is Cc1ccc(C(=O)CN2CCN(C)C(=O)C2=O)c(C)c1. The number of Topliss-reactive ketones (excluding diaryl/α,β-unsaturated/α-hetero) is 1. The number of carbonyl (C=O) groups excluding carboxylic acids is 3. The molecule has 0 N–H and O–H groups in total. The van der Waals surface area contributed by atoms with Crippen LogP contribution in [-0.4, -0.2) is 54.1 Å². The fraction of sp³-hybridized carbons (Fsp3) is 0.400. The molecule has 106 valence electrons. The van der Waals surface area contributed by atoms with Crippen LogP contribution in [0.3, 0.4) is 0 Å². The molecular weight excluding hydrogens is 256 g/mol. The lowest BCUT2D eigenvalue weighted by Gasteiger charge is -2.31. The first-order chi connectivity index (χ1) is 9.40. The lowest BCUT2D eigenvalue weighted by Crippen LogP contribution is -2.54. The summed E-state index contributed by atoms with van der Waals surface area (Å²) in [7, 11) is 1.59. The molecule has 1 saturated heterocycles. The number of benzene rings is 1. The van der Waals surface area contributed by atoms with Crippen molar-refractivity contribution in [2.75, 3.05) is 26.7 Å². The normalized spacial score (nSPS) is 15.8. The Morgan fingerprint density at radius 1 is 1.15 bits per heavy atom. The maximum atomic E-state index is 12.3.